The normalized spacial score (nSPS) is 18.1. The summed E-state index contributed by atoms with van der Waals surface area (Å²) in [5, 5.41) is 0. The summed E-state index contributed by atoms with van der Waals surface area (Å²) in [5.74, 6) is -0.672. The monoisotopic (exact) mass is 255 g/mol. The Morgan fingerprint density at radius 1 is 1.28 bits per heavy atom. The number of hydrogen-bond acceptors (Lipinski definition) is 4. The fraction of sp³-hybridized carbons (Fsp3) is 0.769. The SMILES string of the molecule is CC1CC(=O)N(CCC(=O)OC(C)(C)C)C(=O)C1. The molecule has 0 N–H and O–H groups in total. The quantitative estimate of drug-likeness (QED) is 0.566. The number of hydrogen-bond donors (Lipinski definition) is 0. The lowest BCUT2D eigenvalue weighted by atomic mass is 9.98. The Balaban J connectivity index is 2.46. The van der Waals surface area contributed by atoms with E-state index >= 15 is 0 Å². The van der Waals surface area contributed by atoms with Crippen molar-refractivity contribution in [3.05, 3.63) is 0 Å². The van der Waals surface area contributed by atoms with Crippen LogP contribution in [0.5, 0.6) is 0 Å². The summed E-state index contributed by atoms with van der Waals surface area (Å²) in [5.41, 5.74) is -0.540. The number of nitrogens with zero attached hydrogens (tertiary/aromatic N) is 1. The van der Waals surface area contributed by atoms with Crippen LogP contribution in [0.15, 0.2) is 0 Å². The highest BCUT2D eigenvalue weighted by Gasteiger charge is 2.30. The number of carbonyl (C=O) groups is 3. The first-order chi connectivity index (χ1) is 8.19. The maximum atomic E-state index is 11.7. The molecule has 5 nitrogen and oxygen atoms in total. The van der Waals surface area contributed by atoms with Crippen molar-refractivity contribution in [2.24, 2.45) is 5.92 Å². The summed E-state index contributed by atoms with van der Waals surface area (Å²) in [4.78, 5) is 36.0. The van der Waals surface area contributed by atoms with Crippen LogP contribution in [-0.2, 0) is 19.1 Å². The Kier molecular flexibility index (Phi) is 4.48. The molecule has 2 amide bonds. The predicted molar refractivity (Wildman–Crippen MR) is 65.6 cm³/mol. The van der Waals surface area contributed by atoms with E-state index in [1.807, 2.05) is 6.92 Å². The highest BCUT2D eigenvalue weighted by molar-refractivity contribution is 5.98. The minimum atomic E-state index is -0.540. The second-order valence-electron chi connectivity index (χ2n) is 5.79. The van der Waals surface area contributed by atoms with Gasteiger partial charge in [0.1, 0.15) is 5.60 Å². The van der Waals surface area contributed by atoms with Crippen LogP contribution in [0.2, 0.25) is 0 Å². The van der Waals surface area contributed by atoms with Crippen LogP contribution >= 0.6 is 0 Å². The highest BCUT2D eigenvalue weighted by Crippen LogP contribution is 2.19. The maximum Gasteiger partial charge on any atom is 0.308 e. The van der Waals surface area contributed by atoms with Gasteiger partial charge in [0.25, 0.3) is 0 Å². The Bertz CT molecular complexity index is 338. The van der Waals surface area contributed by atoms with Crippen molar-refractivity contribution in [3.8, 4) is 0 Å². The summed E-state index contributed by atoms with van der Waals surface area (Å²) in [6, 6.07) is 0. The van der Waals surface area contributed by atoms with E-state index in [1.165, 1.54) is 4.90 Å². The van der Waals surface area contributed by atoms with Gasteiger partial charge in [0.15, 0.2) is 0 Å². The van der Waals surface area contributed by atoms with E-state index in [1.54, 1.807) is 20.8 Å². The average Bonchev–Trinajstić information content (AvgIpc) is 2.12. The number of amides is 2. The van der Waals surface area contributed by atoms with E-state index in [0.717, 1.165) is 0 Å². The van der Waals surface area contributed by atoms with Crippen molar-refractivity contribution in [1.82, 2.24) is 4.90 Å². The van der Waals surface area contributed by atoms with Crippen molar-refractivity contribution in [2.45, 2.75) is 52.6 Å². The largest absolute Gasteiger partial charge is 0.460 e. The molecule has 0 aromatic rings. The van der Waals surface area contributed by atoms with Gasteiger partial charge in [-0.25, -0.2) is 0 Å². The molecule has 0 bridgehead atoms. The number of carbonyl (C=O) groups excluding carboxylic acids is 3. The number of rotatable bonds is 3. The average molecular weight is 255 g/mol. The standard InChI is InChI=1S/C13H21NO4/c1-9-7-10(15)14(11(16)8-9)6-5-12(17)18-13(2,3)4/h9H,5-8H2,1-4H3. The van der Waals surface area contributed by atoms with Crippen molar-refractivity contribution in [2.75, 3.05) is 6.54 Å². The number of likely N-dealkylation sites (tertiary alicyclic amines) is 1. The first-order valence-corrected chi connectivity index (χ1v) is 6.24. The van der Waals surface area contributed by atoms with Crippen LogP contribution in [0.4, 0.5) is 0 Å². The van der Waals surface area contributed by atoms with Gasteiger partial charge in [-0.3, -0.25) is 19.3 Å². The molecular weight excluding hydrogens is 234 g/mol. The smallest absolute Gasteiger partial charge is 0.308 e. The third-order valence-corrected chi connectivity index (χ3v) is 2.61. The summed E-state index contributed by atoms with van der Waals surface area (Å²) in [6.07, 6.45) is 0.809. The maximum absolute atomic E-state index is 11.7. The Morgan fingerprint density at radius 2 is 1.78 bits per heavy atom. The Labute approximate surface area is 107 Å². The molecule has 1 heterocycles. The van der Waals surface area contributed by atoms with Crippen LogP contribution in [0.3, 0.4) is 0 Å². The molecule has 0 radical (unpaired) electrons. The molecule has 1 saturated heterocycles. The summed E-state index contributed by atoms with van der Waals surface area (Å²) >= 11 is 0. The number of esters is 1. The third kappa shape index (κ3) is 4.47. The molecule has 0 saturated carbocycles. The molecule has 1 aliphatic heterocycles. The zero-order chi connectivity index (χ0) is 13.9. The first kappa shape index (κ1) is 14.7. The Morgan fingerprint density at radius 3 is 2.22 bits per heavy atom. The summed E-state index contributed by atoms with van der Waals surface area (Å²) in [7, 11) is 0. The molecular formula is C13H21NO4. The molecule has 5 heteroatoms. The number of ether oxygens (including phenoxy) is 1. The van der Waals surface area contributed by atoms with Crippen LogP contribution in [0.1, 0.15) is 47.0 Å². The minimum absolute atomic E-state index is 0.0587. The number of piperidine rings is 1. The van der Waals surface area contributed by atoms with E-state index < -0.39 is 5.60 Å². The van der Waals surface area contributed by atoms with Crippen molar-refractivity contribution in [3.63, 3.8) is 0 Å². The second-order valence-corrected chi connectivity index (χ2v) is 5.79. The molecule has 0 unspecified atom stereocenters. The third-order valence-electron chi connectivity index (χ3n) is 2.61. The molecule has 0 atom stereocenters. The van der Waals surface area contributed by atoms with Crippen LogP contribution in [-0.4, -0.2) is 34.8 Å². The lowest BCUT2D eigenvalue weighted by Crippen LogP contribution is -2.44. The van der Waals surface area contributed by atoms with Gasteiger partial charge in [0.05, 0.1) is 6.42 Å². The van der Waals surface area contributed by atoms with Gasteiger partial charge < -0.3 is 4.74 Å². The van der Waals surface area contributed by atoms with Crippen LogP contribution in [0.25, 0.3) is 0 Å². The predicted octanol–water partition coefficient (Wildman–Crippen LogP) is 1.50. The minimum Gasteiger partial charge on any atom is -0.460 e. The van der Waals surface area contributed by atoms with E-state index in [0.29, 0.717) is 12.8 Å². The van der Waals surface area contributed by atoms with Crippen LogP contribution in [0, 0.1) is 5.92 Å². The molecule has 102 valence electrons. The second kappa shape index (κ2) is 5.50. The molecule has 0 aromatic carbocycles. The summed E-state index contributed by atoms with van der Waals surface area (Å²) in [6.45, 7) is 7.34. The number of imide groups is 1. The first-order valence-electron chi connectivity index (χ1n) is 6.24. The fourth-order valence-corrected chi connectivity index (χ4v) is 1.87. The van der Waals surface area contributed by atoms with Crippen LogP contribution < -0.4 is 0 Å². The topological polar surface area (TPSA) is 63.7 Å². The van der Waals surface area contributed by atoms with Gasteiger partial charge in [-0.2, -0.15) is 0 Å². The van der Waals surface area contributed by atoms with Gasteiger partial charge in [0.2, 0.25) is 11.8 Å². The van der Waals surface area contributed by atoms with E-state index in [-0.39, 0.29) is 36.7 Å². The van der Waals surface area contributed by atoms with E-state index in [4.69, 9.17) is 4.74 Å². The molecule has 0 spiro atoms. The molecule has 1 rings (SSSR count). The highest BCUT2D eigenvalue weighted by atomic mass is 16.6. The van der Waals surface area contributed by atoms with Crippen molar-refractivity contribution < 1.29 is 19.1 Å². The fourth-order valence-electron chi connectivity index (χ4n) is 1.87. The zero-order valence-electron chi connectivity index (χ0n) is 11.5. The van der Waals surface area contributed by atoms with Gasteiger partial charge in [-0.15, -0.1) is 0 Å². The molecule has 18 heavy (non-hydrogen) atoms. The van der Waals surface area contributed by atoms with Gasteiger partial charge in [-0.1, -0.05) is 6.92 Å². The zero-order valence-corrected chi connectivity index (χ0v) is 11.5. The molecule has 0 aromatic heterocycles. The van der Waals surface area contributed by atoms with Crippen molar-refractivity contribution >= 4 is 17.8 Å². The molecule has 0 aliphatic carbocycles. The Hall–Kier alpha value is -1.39. The molecule has 1 aliphatic rings. The van der Waals surface area contributed by atoms with Crippen molar-refractivity contribution in [1.29, 1.82) is 0 Å². The lowest BCUT2D eigenvalue weighted by Gasteiger charge is -2.28. The summed E-state index contributed by atoms with van der Waals surface area (Å²) < 4.78 is 5.13. The molecule has 1 fully saturated rings. The van der Waals surface area contributed by atoms with Gasteiger partial charge in [-0.05, 0) is 26.7 Å². The van der Waals surface area contributed by atoms with E-state index in [2.05, 4.69) is 0 Å². The van der Waals surface area contributed by atoms with E-state index in [9.17, 15) is 14.4 Å². The van der Waals surface area contributed by atoms with Gasteiger partial charge in [0, 0.05) is 19.4 Å². The van der Waals surface area contributed by atoms with Gasteiger partial charge >= 0.3 is 5.97 Å². The lowest BCUT2D eigenvalue weighted by molar-refractivity contribution is -0.156.